The van der Waals surface area contributed by atoms with Crippen LogP contribution in [0.2, 0.25) is 0 Å². The predicted octanol–water partition coefficient (Wildman–Crippen LogP) is 1.64. The molecule has 1 aromatic carbocycles. The molecule has 0 bridgehead atoms. The lowest BCUT2D eigenvalue weighted by Gasteiger charge is -2.08. The van der Waals surface area contributed by atoms with Gasteiger partial charge < -0.3 is 9.67 Å². The number of imidazole rings is 1. The fourth-order valence-corrected chi connectivity index (χ4v) is 2.89. The highest BCUT2D eigenvalue weighted by Gasteiger charge is 2.17. The number of benzene rings is 1. The maximum absolute atomic E-state index is 9.74. The Morgan fingerprint density at radius 2 is 2.27 bits per heavy atom. The molecule has 0 spiro atoms. The summed E-state index contributed by atoms with van der Waals surface area (Å²) in [6.07, 6.45) is -0.256. The molecular formula is C11H12N2OS. The minimum atomic E-state index is -0.256. The molecule has 3 nitrogen and oxygen atoms in total. The summed E-state index contributed by atoms with van der Waals surface area (Å²) in [5.41, 5.74) is 2.16. The van der Waals surface area contributed by atoms with Crippen molar-refractivity contribution in [1.82, 2.24) is 9.55 Å². The number of aromatic nitrogens is 2. The first-order chi connectivity index (χ1) is 7.34. The summed E-state index contributed by atoms with van der Waals surface area (Å²) in [6.45, 7) is 0.669. The molecule has 0 amide bonds. The van der Waals surface area contributed by atoms with Crippen LogP contribution >= 0.6 is 11.8 Å². The molecule has 1 N–H and O–H groups in total. The molecule has 1 aliphatic heterocycles. The van der Waals surface area contributed by atoms with Crippen LogP contribution in [0.15, 0.2) is 24.3 Å². The molecule has 0 radical (unpaired) electrons. The first kappa shape index (κ1) is 9.24. The van der Waals surface area contributed by atoms with Crippen LogP contribution in [0, 0.1) is 0 Å². The first-order valence-corrected chi connectivity index (χ1v) is 6.20. The zero-order valence-corrected chi connectivity index (χ0v) is 9.07. The van der Waals surface area contributed by atoms with Crippen molar-refractivity contribution in [1.29, 1.82) is 0 Å². The third-order valence-electron chi connectivity index (χ3n) is 2.67. The molecule has 15 heavy (non-hydrogen) atoms. The number of thioether (sulfide) groups is 1. The van der Waals surface area contributed by atoms with Gasteiger partial charge in [-0.3, -0.25) is 0 Å². The van der Waals surface area contributed by atoms with E-state index in [1.807, 2.05) is 18.2 Å². The number of hydrogen-bond donors (Lipinski definition) is 1. The summed E-state index contributed by atoms with van der Waals surface area (Å²) in [5.74, 6) is 2.78. The maximum Gasteiger partial charge on any atom is 0.119 e. The van der Waals surface area contributed by atoms with E-state index >= 15 is 0 Å². The SMILES string of the molecule is O[C@@H]1CSCc2nc3ccccc3n2C1. The van der Waals surface area contributed by atoms with E-state index < -0.39 is 0 Å². The maximum atomic E-state index is 9.74. The van der Waals surface area contributed by atoms with Gasteiger partial charge in [0.25, 0.3) is 0 Å². The largest absolute Gasteiger partial charge is 0.390 e. The Hall–Kier alpha value is -1.00. The van der Waals surface area contributed by atoms with Gasteiger partial charge in [0.2, 0.25) is 0 Å². The number of aliphatic hydroxyl groups is 1. The zero-order valence-electron chi connectivity index (χ0n) is 8.26. The Bertz CT molecular complexity index is 494. The molecule has 2 heterocycles. The second-order valence-electron chi connectivity index (χ2n) is 3.80. The van der Waals surface area contributed by atoms with E-state index in [0.29, 0.717) is 6.54 Å². The van der Waals surface area contributed by atoms with Crippen molar-refractivity contribution in [2.75, 3.05) is 5.75 Å². The lowest BCUT2D eigenvalue weighted by atomic mass is 10.3. The van der Waals surface area contributed by atoms with Crippen LogP contribution in [0.3, 0.4) is 0 Å². The second kappa shape index (κ2) is 3.54. The van der Waals surface area contributed by atoms with Crippen LogP contribution in [-0.2, 0) is 12.3 Å². The molecule has 0 aliphatic carbocycles. The van der Waals surface area contributed by atoms with Crippen LogP contribution in [0.5, 0.6) is 0 Å². The highest BCUT2D eigenvalue weighted by Crippen LogP contribution is 2.23. The second-order valence-corrected chi connectivity index (χ2v) is 4.83. The molecular weight excluding hydrogens is 208 g/mol. The normalized spacial score (nSPS) is 21.3. The molecule has 78 valence electrons. The molecule has 4 heteroatoms. The Morgan fingerprint density at radius 1 is 1.40 bits per heavy atom. The topological polar surface area (TPSA) is 38.1 Å². The highest BCUT2D eigenvalue weighted by molar-refractivity contribution is 7.98. The first-order valence-electron chi connectivity index (χ1n) is 5.04. The van der Waals surface area contributed by atoms with Gasteiger partial charge >= 0.3 is 0 Å². The summed E-state index contributed by atoms with van der Waals surface area (Å²) < 4.78 is 2.14. The molecule has 1 aromatic heterocycles. The summed E-state index contributed by atoms with van der Waals surface area (Å²) in [7, 11) is 0. The van der Waals surface area contributed by atoms with E-state index in [2.05, 4.69) is 15.6 Å². The van der Waals surface area contributed by atoms with Crippen molar-refractivity contribution in [3.63, 3.8) is 0 Å². The highest BCUT2D eigenvalue weighted by atomic mass is 32.2. The quantitative estimate of drug-likeness (QED) is 0.733. The van der Waals surface area contributed by atoms with E-state index in [-0.39, 0.29) is 6.10 Å². The predicted molar refractivity (Wildman–Crippen MR) is 61.9 cm³/mol. The standard InChI is InChI=1S/C11H12N2OS/c14-8-5-13-10-4-2-1-3-9(10)12-11(13)7-15-6-8/h1-4,8,14H,5-7H2/t8-/m0/s1. The van der Waals surface area contributed by atoms with Gasteiger partial charge in [0, 0.05) is 5.75 Å². The van der Waals surface area contributed by atoms with E-state index in [0.717, 1.165) is 28.4 Å². The van der Waals surface area contributed by atoms with Gasteiger partial charge in [0.15, 0.2) is 0 Å². The number of nitrogens with zero attached hydrogens (tertiary/aromatic N) is 2. The van der Waals surface area contributed by atoms with E-state index in [1.54, 1.807) is 11.8 Å². The third-order valence-corrected chi connectivity index (χ3v) is 3.75. The van der Waals surface area contributed by atoms with Crippen molar-refractivity contribution < 1.29 is 5.11 Å². The zero-order chi connectivity index (χ0) is 10.3. The fraction of sp³-hybridized carbons (Fsp3) is 0.364. The van der Waals surface area contributed by atoms with Gasteiger partial charge in [0.1, 0.15) is 5.82 Å². The average Bonchev–Trinajstić information content (AvgIpc) is 2.47. The Balaban J connectivity index is 2.20. The summed E-state index contributed by atoms with van der Waals surface area (Å²) >= 11 is 1.75. The number of rotatable bonds is 0. The minimum Gasteiger partial charge on any atom is -0.390 e. The fourth-order valence-electron chi connectivity index (χ4n) is 1.99. The monoisotopic (exact) mass is 220 g/mol. The molecule has 3 rings (SSSR count). The van der Waals surface area contributed by atoms with Crippen molar-refractivity contribution in [3.05, 3.63) is 30.1 Å². The Morgan fingerprint density at radius 3 is 3.20 bits per heavy atom. The van der Waals surface area contributed by atoms with Gasteiger partial charge in [-0.2, -0.15) is 11.8 Å². The van der Waals surface area contributed by atoms with Gasteiger partial charge in [-0.15, -0.1) is 0 Å². The summed E-state index contributed by atoms with van der Waals surface area (Å²) in [5, 5.41) is 9.74. The number of hydrogen-bond acceptors (Lipinski definition) is 3. The van der Waals surface area contributed by atoms with E-state index in [4.69, 9.17) is 0 Å². The average molecular weight is 220 g/mol. The Kier molecular flexibility index (Phi) is 2.18. The number of aliphatic hydroxyl groups excluding tert-OH is 1. The van der Waals surface area contributed by atoms with Gasteiger partial charge in [-0.05, 0) is 12.1 Å². The van der Waals surface area contributed by atoms with Gasteiger partial charge in [-0.1, -0.05) is 12.1 Å². The van der Waals surface area contributed by atoms with Crippen molar-refractivity contribution in [2.45, 2.75) is 18.4 Å². The number of para-hydroxylation sites is 2. The molecule has 1 atom stereocenters. The van der Waals surface area contributed by atoms with Crippen LogP contribution < -0.4 is 0 Å². The van der Waals surface area contributed by atoms with Crippen molar-refractivity contribution in [2.24, 2.45) is 0 Å². The molecule has 0 saturated heterocycles. The van der Waals surface area contributed by atoms with Gasteiger partial charge in [-0.25, -0.2) is 4.98 Å². The number of fused-ring (bicyclic) bond motifs is 3. The smallest absolute Gasteiger partial charge is 0.119 e. The molecule has 1 aliphatic rings. The summed E-state index contributed by atoms with van der Waals surface area (Å²) in [4.78, 5) is 4.58. The Labute approximate surface area is 92.1 Å². The van der Waals surface area contributed by atoms with E-state index in [1.165, 1.54) is 0 Å². The lowest BCUT2D eigenvalue weighted by Crippen LogP contribution is -2.16. The molecule has 2 aromatic rings. The van der Waals surface area contributed by atoms with Crippen LogP contribution in [0.25, 0.3) is 11.0 Å². The van der Waals surface area contributed by atoms with E-state index in [9.17, 15) is 5.11 Å². The van der Waals surface area contributed by atoms with Crippen molar-refractivity contribution in [3.8, 4) is 0 Å². The van der Waals surface area contributed by atoms with Gasteiger partial charge in [0.05, 0.1) is 29.4 Å². The lowest BCUT2D eigenvalue weighted by molar-refractivity contribution is 0.180. The minimum absolute atomic E-state index is 0.256. The molecule has 0 unspecified atom stereocenters. The molecule has 0 fully saturated rings. The van der Waals surface area contributed by atoms with Crippen LogP contribution in [-0.4, -0.2) is 26.5 Å². The van der Waals surface area contributed by atoms with Crippen molar-refractivity contribution >= 4 is 22.8 Å². The molecule has 0 saturated carbocycles. The third kappa shape index (κ3) is 1.54. The summed E-state index contributed by atoms with van der Waals surface area (Å²) in [6, 6.07) is 8.10. The van der Waals surface area contributed by atoms with Crippen LogP contribution in [0.1, 0.15) is 5.82 Å². The van der Waals surface area contributed by atoms with Crippen LogP contribution in [0.4, 0.5) is 0 Å².